The first-order valence-electron chi connectivity index (χ1n) is 8.44. The third-order valence-corrected chi connectivity index (χ3v) is 5.67. The van der Waals surface area contributed by atoms with Gasteiger partial charge in [-0.3, -0.25) is 19.3 Å². The van der Waals surface area contributed by atoms with Gasteiger partial charge in [0.25, 0.3) is 5.24 Å². The largest absolute Gasteiger partial charge is 0.342 e. The van der Waals surface area contributed by atoms with Gasteiger partial charge in [-0.05, 0) is 24.8 Å². The summed E-state index contributed by atoms with van der Waals surface area (Å²) in [5.74, 6) is 0.193. The number of piperidine rings is 1. The molecule has 2 aliphatic rings. The molecule has 1 aromatic rings. The molecule has 0 aromatic heterocycles. The average Bonchev–Trinajstić information content (AvgIpc) is 2.95. The number of benzene rings is 1. The van der Waals surface area contributed by atoms with Crippen LogP contribution >= 0.6 is 11.8 Å². The van der Waals surface area contributed by atoms with Crippen LogP contribution in [0, 0.1) is 0 Å². The SMILES string of the molecule is CCC(C(=O)N1CCC(N2C(=O)CSC2=O)CC1)c1ccccc1. The Morgan fingerprint density at radius 1 is 1.21 bits per heavy atom. The van der Waals surface area contributed by atoms with Crippen molar-refractivity contribution in [1.29, 1.82) is 0 Å². The molecule has 6 heteroatoms. The predicted molar refractivity (Wildman–Crippen MR) is 93.8 cm³/mol. The van der Waals surface area contributed by atoms with Gasteiger partial charge in [0.15, 0.2) is 0 Å². The molecule has 1 aromatic carbocycles. The van der Waals surface area contributed by atoms with E-state index in [0.29, 0.717) is 25.9 Å². The summed E-state index contributed by atoms with van der Waals surface area (Å²) in [4.78, 5) is 39.8. The lowest BCUT2D eigenvalue weighted by atomic mass is 9.93. The molecule has 0 radical (unpaired) electrons. The summed E-state index contributed by atoms with van der Waals surface area (Å²) in [7, 11) is 0. The maximum atomic E-state index is 12.9. The van der Waals surface area contributed by atoms with Gasteiger partial charge in [-0.2, -0.15) is 0 Å². The van der Waals surface area contributed by atoms with Crippen molar-refractivity contribution in [2.45, 2.75) is 38.1 Å². The Bertz CT molecular complexity index is 610. The number of hydrogen-bond acceptors (Lipinski definition) is 4. The maximum Gasteiger partial charge on any atom is 0.289 e. The molecular weight excluding hydrogens is 324 g/mol. The van der Waals surface area contributed by atoms with Crippen molar-refractivity contribution in [1.82, 2.24) is 9.80 Å². The van der Waals surface area contributed by atoms with Gasteiger partial charge in [0.05, 0.1) is 11.7 Å². The summed E-state index contributed by atoms with van der Waals surface area (Å²) in [5.41, 5.74) is 1.05. The van der Waals surface area contributed by atoms with E-state index in [-0.39, 0.29) is 34.8 Å². The summed E-state index contributed by atoms with van der Waals surface area (Å²) in [6.45, 7) is 3.24. The number of thioether (sulfide) groups is 1. The van der Waals surface area contributed by atoms with Crippen LogP contribution in [-0.2, 0) is 9.59 Å². The molecule has 5 nitrogen and oxygen atoms in total. The molecule has 2 heterocycles. The van der Waals surface area contributed by atoms with Gasteiger partial charge in [0.1, 0.15) is 0 Å². The number of carbonyl (C=O) groups excluding carboxylic acids is 3. The van der Waals surface area contributed by atoms with Gasteiger partial charge in [-0.1, -0.05) is 49.0 Å². The molecule has 0 saturated carbocycles. The second-order valence-corrected chi connectivity index (χ2v) is 7.17. The van der Waals surface area contributed by atoms with Crippen molar-refractivity contribution in [3.05, 3.63) is 35.9 Å². The summed E-state index contributed by atoms with van der Waals surface area (Å²) < 4.78 is 0. The summed E-state index contributed by atoms with van der Waals surface area (Å²) >= 11 is 1.08. The van der Waals surface area contributed by atoms with Crippen LogP contribution < -0.4 is 0 Å². The zero-order valence-corrected chi connectivity index (χ0v) is 14.6. The van der Waals surface area contributed by atoms with E-state index in [0.717, 1.165) is 23.7 Å². The van der Waals surface area contributed by atoms with Gasteiger partial charge in [-0.15, -0.1) is 0 Å². The van der Waals surface area contributed by atoms with Crippen LogP contribution in [0.1, 0.15) is 37.7 Å². The lowest BCUT2D eigenvalue weighted by molar-refractivity contribution is -0.135. The van der Waals surface area contributed by atoms with Gasteiger partial charge in [0, 0.05) is 19.1 Å². The van der Waals surface area contributed by atoms with Crippen molar-refractivity contribution in [2.24, 2.45) is 0 Å². The van der Waals surface area contributed by atoms with Gasteiger partial charge >= 0.3 is 0 Å². The molecule has 3 amide bonds. The number of nitrogens with zero attached hydrogens (tertiary/aromatic N) is 2. The van der Waals surface area contributed by atoms with Crippen molar-refractivity contribution < 1.29 is 14.4 Å². The van der Waals surface area contributed by atoms with Gasteiger partial charge in [-0.25, -0.2) is 0 Å². The summed E-state index contributed by atoms with van der Waals surface area (Å²) in [6.07, 6.45) is 2.12. The van der Waals surface area contributed by atoms with E-state index in [1.165, 1.54) is 4.90 Å². The molecule has 0 N–H and O–H groups in total. The Kier molecular flexibility index (Phi) is 5.23. The Morgan fingerprint density at radius 3 is 2.42 bits per heavy atom. The van der Waals surface area contributed by atoms with Crippen molar-refractivity contribution >= 4 is 28.8 Å². The van der Waals surface area contributed by atoms with Crippen LogP contribution in [0.25, 0.3) is 0 Å². The summed E-state index contributed by atoms with van der Waals surface area (Å²) in [6, 6.07) is 9.81. The Balaban J connectivity index is 1.62. The number of hydrogen-bond donors (Lipinski definition) is 0. The third-order valence-electron chi connectivity index (χ3n) is 4.83. The fourth-order valence-electron chi connectivity index (χ4n) is 3.52. The van der Waals surface area contributed by atoms with E-state index in [4.69, 9.17) is 0 Å². The Labute approximate surface area is 146 Å². The fraction of sp³-hybridized carbons (Fsp3) is 0.500. The van der Waals surface area contributed by atoms with Crippen LogP contribution in [0.3, 0.4) is 0 Å². The van der Waals surface area contributed by atoms with Gasteiger partial charge in [0.2, 0.25) is 11.8 Å². The number of rotatable bonds is 4. The average molecular weight is 346 g/mol. The molecule has 0 bridgehead atoms. The first kappa shape index (κ1) is 17.0. The molecule has 2 fully saturated rings. The fourth-order valence-corrected chi connectivity index (χ4v) is 4.30. The minimum atomic E-state index is -0.138. The normalized spacial score (nSPS) is 20.5. The monoisotopic (exact) mass is 346 g/mol. The Hall–Kier alpha value is -1.82. The molecule has 128 valence electrons. The highest BCUT2D eigenvalue weighted by Crippen LogP contribution is 2.29. The molecular formula is C18H22N2O3S. The maximum absolute atomic E-state index is 12.9. The first-order chi connectivity index (χ1) is 11.6. The van der Waals surface area contributed by atoms with Crippen LogP contribution in [-0.4, -0.2) is 51.7 Å². The second kappa shape index (κ2) is 7.38. The van der Waals surface area contributed by atoms with E-state index >= 15 is 0 Å². The number of amides is 3. The van der Waals surface area contributed by atoms with Crippen LogP contribution in [0.15, 0.2) is 30.3 Å². The highest BCUT2D eigenvalue weighted by Gasteiger charge is 2.38. The standard InChI is InChI=1S/C18H22N2O3S/c1-2-15(13-6-4-3-5-7-13)17(22)19-10-8-14(9-11-19)20-16(21)12-24-18(20)23/h3-7,14-15H,2,8-12H2,1H3. The molecule has 2 saturated heterocycles. The van der Waals surface area contributed by atoms with E-state index in [1.807, 2.05) is 42.2 Å². The first-order valence-corrected chi connectivity index (χ1v) is 9.43. The summed E-state index contributed by atoms with van der Waals surface area (Å²) in [5, 5.41) is -0.138. The molecule has 0 aliphatic carbocycles. The van der Waals surface area contributed by atoms with E-state index in [2.05, 4.69) is 0 Å². The number of carbonyl (C=O) groups is 3. The zero-order valence-electron chi connectivity index (χ0n) is 13.8. The molecule has 2 aliphatic heterocycles. The van der Waals surface area contributed by atoms with E-state index in [9.17, 15) is 14.4 Å². The highest BCUT2D eigenvalue weighted by atomic mass is 32.2. The predicted octanol–water partition coefficient (Wildman–Crippen LogP) is 2.87. The smallest absolute Gasteiger partial charge is 0.289 e. The zero-order chi connectivity index (χ0) is 17.1. The van der Waals surface area contributed by atoms with Crippen LogP contribution in [0.2, 0.25) is 0 Å². The molecule has 1 atom stereocenters. The van der Waals surface area contributed by atoms with Crippen molar-refractivity contribution in [2.75, 3.05) is 18.8 Å². The minimum absolute atomic E-state index is 0.0548. The topological polar surface area (TPSA) is 57.7 Å². The van der Waals surface area contributed by atoms with E-state index in [1.54, 1.807) is 0 Å². The third kappa shape index (κ3) is 3.34. The van der Waals surface area contributed by atoms with Crippen LogP contribution in [0.4, 0.5) is 4.79 Å². The minimum Gasteiger partial charge on any atom is -0.342 e. The van der Waals surface area contributed by atoms with E-state index < -0.39 is 0 Å². The van der Waals surface area contributed by atoms with Crippen molar-refractivity contribution in [3.63, 3.8) is 0 Å². The van der Waals surface area contributed by atoms with Crippen LogP contribution in [0.5, 0.6) is 0 Å². The molecule has 3 rings (SSSR count). The second-order valence-electron chi connectivity index (χ2n) is 6.25. The lowest BCUT2D eigenvalue weighted by Crippen LogP contribution is -2.49. The lowest BCUT2D eigenvalue weighted by Gasteiger charge is -2.37. The van der Waals surface area contributed by atoms with Crippen molar-refractivity contribution in [3.8, 4) is 0 Å². The molecule has 0 spiro atoms. The van der Waals surface area contributed by atoms with Gasteiger partial charge < -0.3 is 4.90 Å². The quantitative estimate of drug-likeness (QED) is 0.841. The molecule has 1 unspecified atom stereocenters. The highest BCUT2D eigenvalue weighted by molar-refractivity contribution is 8.14. The number of imide groups is 1. The molecule has 24 heavy (non-hydrogen) atoms. The number of likely N-dealkylation sites (tertiary alicyclic amines) is 1. The Morgan fingerprint density at radius 2 is 1.88 bits per heavy atom.